The summed E-state index contributed by atoms with van der Waals surface area (Å²) in [6.07, 6.45) is 0.0746. The molecule has 12 heavy (non-hydrogen) atoms. The van der Waals surface area contributed by atoms with Crippen LogP contribution in [-0.2, 0) is 4.79 Å². The zero-order valence-corrected chi connectivity index (χ0v) is 7.37. The maximum absolute atomic E-state index is 10.9. The van der Waals surface area contributed by atoms with Crippen molar-refractivity contribution in [1.82, 2.24) is 5.32 Å². The number of carbonyl (C=O) groups is 1. The molecule has 0 aromatic carbocycles. The number of amides is 1. The predicted octanol–water partition coefficient (Wildman–Crippen LogP) is 0.641. The summed E-state index contributed by atoms with van der Waals surface area (Å²) < 4.78 is 0. The number of hydrogen-bond donors (Lipinski definition) is 3. The summed E-state index contributed by atoms with van der Waals surface area (Å²) in [7, 11) is 0. The summed E-state index contributed by atoms with van der Waals surface area (Å²) >= 11 is 0. The van der Waals surface area contributed by atoms with Crippen LogP contribution in [0.15, 0.2) is 5.11 Å². The van der Waals surface area contributed by atoms with E-state index in [9.17, 15) is 4.79 Å². The van der Waals surface area contributed by atoms with Gasteiger partial charge in [-0.05, 0) is 12.8 Å². The normalized spacial score (nSPS) is 12.7. The molecule has 0 aromatic rings. The molecule has 70 valence electrons. The van der Waals surface area contributed by atoms with Crippen LogP contribution in [0, 0.1) is 5.53 Å². The highest BCUT2D eigenvalue weighted by Gasteiger charge is 2.15. The number of hydrogen-bond acceptors (Lipinski definition) is 4. The van der Waals surface area contributed by atoms with Gasteiger partial charge in [-0.1, -0.05) is 13.8 Å². The minimum Gasteiger partial charge on any atom is -0.363 e. The van der Waals surface area contributed by atoms with Crippen LogP contribution in [0.4, 0.5) is 0 Å². The fraction of sp³-hybridized carbons (Fsp3) is 0.857. The predicted molar refractivity (Wildman–Crippen MR) is 43.7 cm³/mol. The first-order chi connectivity index (χ1) is 5.65. The molecule has 1 amide bonds. The highest BCUT2D eigenvalue weighted by molar-refractivity contribution is 5.80. The second kappa shape index (κ2) is 5.65. The van der Waals surface area contributed by atoms with E-state index in [-0.39, 0.29) is 6.04 Å². The van der Waals surface area contributed by atoms with Crippen LogP contribution >= 0.6 is 0 Å². The molecule has 0 fully saturated rings. The van der Waals surface area contributed by atoms with Gasteiger partial charge in [-0.2, -0.15) is 5.11 Å². The van der Waals surface area contributed by atoms with Gasteiger partial charge in [0.1, 0.15) is 0 Å². The van der Waals surface area contributed by atoms with Gasteiger partial charge < -0.3 is 10.4 Å². The van der Waals surface area contributed by atoms with Crippen molar-refractivity contribution in [3.63, 3.8) is 0 Å². The first kappa shape index (κ1) is 11.0. The summed E-state index contributed by atoms with van der Waals surface area (Å²) in [6.45, 7) is 3.89. The maximum atomic E-state index is 10.9. The van der Waals surface area contributed by atoms with Crippen LogP contribution in [0.5, 0.6) is 0 Å². The standard InChI is InChI=1S/C7H15N3O2/c1-3-5(4-2)9-6(11)7(12)10-8/h5,7-8,12H,3-4H2,1-2H3,(H,9,11). The second-order valence-corrected chi connectivity index (χ2v) is 2.52. The van der Waals surface area contributed by atoms with Crippen molar-refractivity contribution in [1.29, 1.82) is 5.53 Å². The van der Waals surface area contributed by atoms with Crippen molar-refractivity contribution in [3.8, 4) is 0 Å². The summed E-state index contributed by atoms with van der Waals surface area (Å²) in [6, 6.07) is 0.0638. The van der Waals surface area contributed by atoms with E-state index in [2.05, 4.69) is 10.4 Å². The lowest BCUT2D eigenvalue weighted by Crippen LogP contribution is -2.39. The Kier molecular flexibility index (Phi) is 5.19. The number of rotatable bonds is 5. The minimum absolute atomic E-state index is 0.0638. The van der Waals surface area contributed by atoms with E-state index in [0.717, 1.165) is 12.8 Å². The quantitative estimate of drug-likeness (QED) is 0.533. The molecule has 1 unspecified atom stereocenters. The average Bonchev–Trinajstić information content (AvgIpc) is 2.12. The summed E-state index contributed by atoms with van der Waals surface area (Å²) in [5.74, 6) is -0.598. The Morgan fingerprint density at radius 1 is 1.58 bits per heavy atom. The van der Waals surface area contributed by atoms with Gasteiger partial charge in [-0.3, -0.25) is 4.79 Å². The SMILES string of the molecule is CCC(CC)NC(=O)C(O)N=N. The molecular formula is C7H15N3O2. The fourth-order valence-electron chi connectivity index (χ4n) is 0.827. The second-order valence-electron chi connectivity index (χ2n) is 2.52. The van der Waals surface area contributed by atoms with Crippen molar-refractivity contribution < 1.29 is 9.90 Å². The molecule has 0 aromatic heterocycles. The molecule has 3 N–H and O–H groups in total. The van der Waals surface area contributed by atoms with Gasteiger partial charge in [0, 0.05) is 6.04 Å². The Morgan fingerprint density at radius 2 is 2.08 bits per heavy atom. The van der Waals surface area contributed by atoms with E-state index in [1.54, 1.807) is 0 Å². The molecule has 5 nitrogen and oxygen atoms in total. The van der Waals surface area contributed by atoms with E-state index < -0.39 is 12.1 Å². The van der Waals surface area contributed by atoms with Gasteiger partial charge in [0.15, 0.2) is 0 Å². The molecule has 0 heterocycles. The number of aliphatic hydroxyl groups excluding tert-OH is 1. The minimum atomic E-state index is -1.55. The summed E-state index contributed by atoms with van der Waals surface area (Å²) in [5, 5.41) is 14.1. The number of nitrogens with zero attached hydrogens (tertiary/aromatic N) is 1. The van der Waals surface area contributed by atoms with Crippen molar-refractivity contribution in [2.45, 2.75) is 39.0 Å². The van der Waals surface area contributed by atoms with Crippen LogP contribution < -0.4 is 5.32 Å². The van der Waals surface area contributed by atoms with Crippen molar-refractivity contribution in [2.24, 2.45) is 5.11 Å². The maximum Gasteiger partial charge on any atom is 0.273 e. The molecule has 1 atom stereocenters. The third kappa shape index (κ3) is 3.43. The van der Waals surface area contributed by atoms with Gasteiger partial charge >= 0.3 is 0 Å². The third-order valence-electron chi connectivity index (χ3n) is 1.69. The summed E-state index contributed by atoms with van der Waals surface area (Å²) in [4.78, 5) is 10.9. The number of aliphatic hydroxyl groups is 1. The first-order valence-electron chi connectivity index (χ1n) is 4.00. The van der Waals surface area contributed by atoms with Crippen molar-refractivity contribution >= 4 is 5.91 Å². The van der Waals surface area contributed by atoms with Crippen LogP contribution in [0.3, 0.4) is 0 Å². The molecule has 0 saturated carbocycles. The van der Waals surface area contributed by atoms with E-state index >= 15 is 0 Å². The van der Waals surface area contributed by atoms with Gasteiger partial charge in [-0.15, -0.1) is 0 Å². The van der Waals surface area contributed by atoms with Gasteiger partial charge in [0.25, 0.3) is 5.91 Å². The molecule has 0 aliphatic rings. The molecule has 0 bridgehead atoms. The Bertz CT molecular complexity index is 157. The van der Waals surface area contributed by atoms with Gasteiger partial charge in [0.05, 0.1) is 0 Å². The topological polar surface area (TPSA) is 85.5 Å². The first-order valence-corrected chi connectivity index (χ1v) is 4.00. The molecule has 0 aliphatic carbocycles. The summed E-state index contributed by atoms with van der Waals surface area (Å²) in [5.41, 5.74) is 6.41. The lowest BCUT2D eigenvalue weighted by atomic mass is 10.2. The van der Waals surface area contributed by atoms with Gasteiger partial charge in [0.2, 0.25) is 6.23 Å². The number of nitrogens with one attached hydrogen (secondary N) is 2. The average molecular weight is 173 g/mol. The molecule has 0 saturated heterocycles. The van der Waals surface area contributed by atoms with E-state index in [1.807, 2.05) is 13.8 Å². The van der Waals surface area contributed by atoms with Crippen LogP contribution in [0.2, 0.25) is 0 Å². The van der Waals surface area contributed by atoms with E-state index in [4.69, 9.17) is 10.6 Å². The smallest absolute Gasteiger partial charge is 0.273 e. The molecule has 0 radical (unpaired) electrons. The largest absolute Gasteiger partial charge is 0.363 e. The van der Waals surface area contributed by atoms with Crippen molar-refractivity contribution in [2.75, 3.05) is 0 Å². The highest BCUT2D eigenvalue weighted by atomic mass is 16.3. The third-order valence-corrected chi connectivity index (χ3v) is 1.69. The zero-order chi connectivity index (χ0) is 9.56. The van der Waals surface area contributed by atoms with Gasteiger partial charge in [-0.25, -0.2) is 5.53 Å². The monoisotopic (exact) mass is 173 g/mol. The zero-order valence-electron chi connectivity index (χ0n) is 7.37. The van der Waals surface area contributed by atoms with E-state index in [1.165, 1.54) is 0 Å². The van der Waals surface area contributed by atoms with Crippen LogP contribution in [0.1, 0.15) is 26.7 Å². The molecular weight excluding hydrogens is 158 g/mol. The van der Waals surface area contributed by atoms with Crippen molar-refractivity contribution in [3.05, 3.63) is 0 Å². The molecule has 0 rings (SSSR count). The van der Waals surface area contributed by atoms with E-state index in [0.29, 0.717) is 0 Å². The Hall–Kier alpha value is -0.970. The molecule has 5 heteroatoms. The molecule has 0 spiro atoms. The lowest BCUT2D eigenvalue weighted by Gasteiger charge is -2.14. The Morgan fingerprint density at radius 3 is 2.42 bits per heavy atom. The lowest BCUT2D eigenvalue weighted by molar-refractivity contribution is -0.130. The highest BCUT2D eigenvalue weighted by Crippen LogP contribution is 1.97. The molecule has 0 aliphatic heterocycles. The van der Waals surface area contributed by atoms with Crippen LogP contribution in [0.25, 0.3) is 0 Å². The Labute approximate surface area is 71.7 Å². The fourth-order valence-corrected chi connectivity index (χ4v) is 0.827. The van der Waals surface area contributed by atoms with Crippen LogP contribution in [-0.4, -0.2) is 23.3 Å². The Balaban J connectivity index is 3.89. The number of carbonyl (C=O) groups excluding carboxylic acids is 1.